The first kappa shape index (κ1) is 15.8. The molecule has 21 heavy (non-hydrogen) atoms. The Labute approximate surface area is 132 Å². The van der Waals surface area contributed by atoms with Crippen molar-refractivity contribution in [2.75, 3.05) is 4.72 Å². The maximum absolute atomic E-state index is 12.4. The highest BCUT2D eigenvalue weighted by molar-refractivity contribution is 7.93. The molecule has 3 N–H and O–H groups in total. The summed E-state index contributed by atoms with van der Waals surface area (Å²) in [4.78, 5) is 0.275. The minimum Gasteiger partial charge on any atom is -0.389 e. The van der Waals surface area contributed by atoms with Gasteiger partial charge in [0, 0.05) is 5.56 Å². The van der Waals surface area contributed by atoms with Crippen LogP contribution in [0.25, 0.3) is 0 Å². The standard InChI is InChI=1S/C12H14N4O2S3/c1-3-10-14-15-12(20-10)16-21(17,18)9-6-8(11(13)19)5-4-7(9)2/h4-6H,3H2,1-2H3,(H2,13,19)(H,15,16). The molecule has 0 spiro atoms. The van der Waals surface area contributed by atoms with Crippen LogP contribution in [0.2, 0.25) is 0 Å². The van der Waals surface area contributed by atoms with E-state index < -0.39 is 10.0 Å². The molecule has 0 fully saturated rings. The molecule has 112 valence electrons. The van der Waals surface area contributed by atoms with Crippen molar-refractivity contribution in [3.8, 4) is 0 Å². The number of aromatic nitrogens is 2. The molecule has 1 aromatic carbocycles. The van der Waals surface area contributed by atoms with Crippen LogP contribution in [0.3, 0.4) is 0 Å². The second kappa shape index (κ2) is 6.04. The molecule has 0 bridgehead atoms. The lowest BCUT2D eigenvalue weighted by atomic mass is 10.1. The average molecular weight is 342 g/mol. The lowest BCUT2D eigenvalue weighted by Crippen LogP contribution is -2.16. The molecule has 0 radical (unpaired) electrons. The number of sulfonamides is 1. The van der Waals surface area contributed by atoms with Crippen molar-refractivity contribution in [1.82, 2.24) is 10.2 Å². The number of hydrogen-bond donors (Lipinski definition) is 2. The molecule has 6 nitrogen and oxygen atoms in total. The number of rotatable bonds is 5. The smallest absolute Gasteiger partial charge is 0.263 e. The van der Waals surface area contributed by atoms with E-state index in [1.165, 1.54) is 17.4 Å². The van der Waals surface area contributed by atoms with Gasteiger partial charge < -0.3 is 5.73 Å². The molecule has 0 saturated carbocycles. The molecule has 2 aromatic rings. The normalized spacial score (nSPS) is 11.3. The molecule has 0 unspecified atom stereocenters. The number of hydrogen-bond acceptors (Lipinski definition) is 6. The van der Waals surface area contributed by atoms with Crippen LogP contribution in [0.5, 0.6) is 0 Å². The highest BCUT2D eigenvalue weighted by Crippen LogP contribution is 2.23. The summed E-state index contributed by atoms with van der Waals surface area (Å²) in [6, 6.07) is 4.82. The van der Waals surface area contributed by atoms with Crippen molar-refractivity contribution in [3.05, 3.63) is 34.3 Å². The van der Waals surface area contributed by atoms with E-state index in [0.717, 1.165) is 5.01 Å². The number of thiocarbonyl (C=S) groups is 1. The molecule has 0 aliphatic rings. The molecule has 0 aliphatic carbocycles. The van der Waals surface area contributed by atoms with Crippen molar-refractivity contribution in [2.45, 2.75) is 25.2 Å². The zero-order valence-electron chi connectivity index (χ0n) is 11.5. The van der Waals surface area contributed by atoms with E-state index in [9.17, 15) is 8.42 Å². The Bertz CT molecular complexity index is 784. The Morgan fingerprint density at radius 1 is 1.43 bits per heavy atom. The van der Waals surface area contributed by atoms with Gasteiger partial charge in [-0.1, -0.05) is 42.6 Å². The Morgan fingerprint density at radius 3 is 2.71 bits per heavy atom. The summed E-state index contributed by atoms with van der Waals surface area (Å²) in [5, 5.41) is 8.70. The molecule has 0 saturated heterocycles. The number of nitrogens with one attached hydrogen (secondary N) is 1. The first-order valence-corrected chi connectivity index (χ1v) is 8.80. The summed E-state index contributed by atoms with van der Waals surface area (Å²) in [6.07, 6.45) is 0.704. The van der Waals surface area contributed by atoms with Gasteiger partial charge in [-0.25, -0.2) is 8.42 Å². The summed E-state index contributed by atoms with van der Waals surface area (Å²) < 4.78 is 27.3. The van der Waals surface area contributed by atoms with Gasteiger partial charge in [0.05, 0.1) is 4.90 Å². The van der Waals surface area contributed by atoms with Gasteiger partial charge in [-0.2, -0.15) is 0 Å². The lowest BCUT2D eigenvalue weighted by Gasteiger charge is -2.09. The molecule has 0 aliphatic heterocycles. The topological polar surface area (TPSA) is 98.0 Å². The summed E-state index contributed by atoms with van der Waals surface area (Å²) in [5.41, 5.74) is 6.65. The van der Waals surface area contributed by atoms with E-state index in [2.05, 4.69) is 14.9 Å². The third kappa shape index (κ3) is 3.55. The molecular weight excluding hydrogens is 328 g/mol. The van der Waals surface area contributed by atoms with Crippen LogP contribution < -0.4 is 10.5 Å². The van der Waals surface area contributed by atoms with Gasteiger partial charge >= 0.3 is 0 Å². The number of aryl methyl sites for hydroxylation is 2. The third-order valence-corrected chi connectivity index (χ3v) is 5.58. The van der Waals surface area contributed by atoms with Crippen molar-refractivity contribution in [1.29, 1.82) is 0 Å². The van der Waals surface area contributed by atoms with Gasteiger partial charge in [-0.05, 0) is 25.0 Å². The van der Waals surface area contributed by atoms with Gasteiger partial charge in [0.1, 0.15) is 10.00 Å². The second-order valence-electron chi connectivity index (χ2n) is 4.30. The molecule has 1 aromatic heterocycles. The molecule has 2 rings (SSSR count). The number of nitrogens with zero attached hydrogens (tertiary/aromatic N) is 2. The average Bonchev–Trinajstić information content (AvgIpc) is 2.85. The van der Waals surface area contributed by atoms with Crippen molar-refractivity contribution >= 4 is 43.7 Å². The summed E-state index contributed by atoms with van der Waals surface area (Å²) in [6.45, 7) is 3.63. The van der Waals surface area contributed by atoms with E-state index in [0.29, 0.717) is 17.5 Å². The second-order valence-corrected chi connectivity index (χ2v) is 7.46. The van der Waals surface area contributed by atoms with Gasteiger partial charge in [-0.15, -0.1) is 10.2 Å². The molecule has 9 heteroatoms. The summed E-state index contributed by atoms with van der Waals surface area (Å²) >= 11 is 6.09. The van der Waals surface area contributed by atoms with Crippen LogP contribution in [-0.2, 0) is 16.4 Å². The number of benzene rings is 1. The zero-order chi connectivity index (χ0) is 15.6. The molecular formula is C12H14N4O2S3. The first-order valence-electron chi connectivity index (χ1n) is 6.09. The highest BCUT2D eigenvalue weighted by atomic mass is 32.2. The van der Waals surface area contributed by atoms with Crippen LogP contribution in [0.1, 0.15) is 23.1 Å². The minimum atomic E-state index is -3.75. The van der Waals surface area contributed by atoms with E-state index in [4.69, 9.17) is 18.0 Å². The monoisotopic (exact) mass is 342 g/mol. The highest BCUT2D eigenvalue weighted by Gasteiger charge is 2.20. The maximum atomic E-state index is 12.4. The third-order valence-electron chi connectivity index (χ3n) is 2.75. The van der Waals surface area contributed by atoms with Crippen molar-refractivity contribution < 1.29 is 8.42 Å². The predicted molar refractivity (Wildman–Crippen MR) is 87.2 cm³/mol. The molecule has 0 amide bonds. The van der Waals surface area contributed by atoms with Crippen molar-refractivity contribution in [3.63, 3.8) is 0 Å². The SMILES string of the molecule is CCc1nnc(NS(=O)(=O)c2cc(C(N)=S)ccc2C)s1. The number of anilines is 1. The van der Waals surface area contributed by atoms with E-state index in [1.807, 2.05) is 6.92 Å². The van der Waals surface area contributed by atoms with Gasteiger partial charge in [0.2, 0.25) is 5.13 Å². The van der Waals surface area contributed by atoms with Crippen LogP contribution in [-0.4, -0.2) is 23.6 Å². The Hall–Kier alpha value is -1.58. The molecule has 0 atom stereocenters. The summed E-state index contributed by atoms with van der Waals surface area (Å²) in [7, 11) is -3.75. The quantitative estimate of drug-likeness (QED) is 0.805. The number of nitrogens with two attached hydrogens (primary N) is 1. The van der Waals surface area contributed by atoms with Crippen LogP contribution in [0, 0.1) is 6.92 Å². The van der Waals surface area contributed by atoms with Crippen LogP contribution >= 0.6 is 23.6 Å². The minimum absolute atomic E-state index is 0.126. The lowest BCUT2D eigenvalue weighted by molar-refractivity contribution is 0.600. The Morgan fingerprint density at radius 2 is 2.14 bits per heavy atom. The van der Waals surface area contributed by atoms with Gasteiger partial charge in [-0.3, -0.25) is 4.72 Å². The van der Waals surface area contributed by atoms with Gasteiger partial charge in [0.25, 0.3) is 10.0 Å². The predicted octanol–water partition coefficient (Wildman–Crippen LogP) is 1.84. The van der Waals surface area contributed by atoms with E-state index >= 15 is 0 Å². The first-order chi connectivity index (χ1) is 9.83. The largest absolute Gasteiger partial charge is 0.389 e. The van der Waals surface area contributed by atoms with Crippen LogP contribution in [0.15, 0.2) is 23.1 Å². The van der Waals surface area contributed by atoms with Crippen molar-refractivity contribution in [2.24, 2.45) is 5.73 Å². The van der Waals surface area contributed by atoms with E-state index in [-0.39, 0.29) is 15.0 Å². The maximum Gasteiger partial charge on any atom is 0.263 e. The van der Waals surface area contributed by atoms with Crippen LogP contribution in [0.4, 0.5) is 5.13 Å². The fourth-order valence-corrected chi connectivity index (χ4v) is 3.96. The summed E-state index contributed by atoms with van der Waals surface area (Å²) in [5.74, 6) is 0. The fourth-order valence-electron chi connectivity index (χ4n) is 1.65. The Balaban J connectivity index is 2.39. The zero-order valence-corrected chi connectivity index (χ0v) is 13.9. The van der Waals surface area contributed by atoms with E-state index in [1.54, 1.807) is 19.1 Å². The Kier molecular flexibility index (Phi) is 4.55. The molecule has 1 heterocycles. The van der Waals surface area contributed by atoms with Gasteiger partial charge in [0.15, 0.2) is 0 Å². The fraction of sp³-hybridized carbons (Fsp3) is 0.250.